The number of aromatic amines is 1. The SMILES string of the molecule is COCCN1CN(C)n2cc(C(=O)NCc3cc4ccccc4[nH]3)c(=O)c(O)c2C1=O. The number of hydrogen-bond donors (Lipinski definition) is 3. The summed E-state index contributed by atoms with van der Waals surface area (Å²) in [4.78, 5) is 42.8. The van der Waals surface area contributed by atoms with Crippen LogP contribution < -0.4 is 15.8 Å². The van der Waals surface area contributed by atoms with Crippen molar-refractivity contribution in [3.63, 3.8) is 0 Å². The summed E-state index contributed by atoms with van der Waals surface area (Å²) < 4.78 is 6.34. The number of rotatable bonds is 6. The van der Waals surface area contributed by atoms with E-state index in [2.05, 4.69) is 10.3 Å². The van der Waals surface area contributed by atoms with E-state index in [9.17, 15) is 19.5 Å². The van der Waals surface area contributed by atoms with Crippen LogP contribution in [0, 0.1) is 0 Å². The predicted octanol–water partition coefficient (Wildman–Crippen LogP) is 0.593. The summed E-state index contributed by atoms with van der Waals surface area (Å²) in [5.74, 6) is -1.90. The molecular weight excluding hydrogens is 402 g/mol. The maximum atomic E-state index is 12.7. The standard InChI is InChI=1S/C21H23N5O5/c1-24-12-25(7-8-31-2)21(30)17-19(28)18(27)15(11-26(17)24)20(29)22-10-14-9-13-5-3-4-6-16(13)23-14/h3-6,9,11,23,28H,7-8,10,12H2,1-2H3,(H,22,29). The van der Waals surface area contributed by atoms with Crippen molar-refractivity contribution in [2.75, 3.05) is 39.0 Å². The Kier molecular flexibility index (Phi) is 5.38. The molecule has 3 N–H and O–H groups in total. The minimum atomic E-state index is -0.893. The van der Waals surface area contributed by atoms with Gasteiger partial charge in [-0.25, -0.2) is 0 Å². The van der Waals surface area contributed by atoms with Gasteiger partial charge >= 0.3 is 0 Å². The summed E-state index contributed by atoms with van der Waals surface area (Å²) >= 11 is 0. The first-order chi connectivity index (χ1) is 14.9. The topological polar surface area (TPSA) is 120 Å². The summed E-state index contributed by atoms with van der Waals surface area (Å²) in [6, 6.07) is 9.62. The highest BCUT2D eigenvalue weighted by atomic mass is 16.5. The fourth-order valence-corrected chi connectivity index (χ4v) is 3.62. The normalized spacial score (nSPS) is 13.5. The van der Waals surface area contributed by atoms with Crippen molar-refractivity contribution in [2.24, 2.45) is 0 Å². The molecule has 0 fully saturated rings. The maximum Gasteiger partial charge on any atom is 0.277 e. The molecule has 0 saturated heterocycles. The number of hydrogen-bond acceptors (Lipinski definition) is 6. The Morgan fingerprint density at radius 2 is 2.06 bits per heavy atom. The van der Waals surface area contributed by atoms with E-state index >= 15 is 0 Å². The quantitative estimate of drug-likeness (QED) is 0.532. The van der Waals surface area contributed by atoms with Crippen LogP contribution in [0.3, 0.4) is 0 Å². The van der Waals surface area contributed by atoms with Gasteiger partial charge in [-0.3, -0.25) is 24.1 Å². The minimum absolute atomic E-state index is 0.176. The molecule has 2 aromatic heterocycles. The van der Waals surface area contributed by atoms with Gasteiger partial charge in [0.15, 0.2) is 11.4 Å². The first kappa shape index (κ1) is 20.5. The zero-order valence-electron chi connectivity index (χ0n) is 17.2. The third kappa shape index (κ3) is 3.73. The van der Waals surface area contributed by atoms with Crippen LogP contribution in [0.5, 0.6) is 5.75 Å². The van der Waals surface area contributed by atoms with Gasteiger partial charge in [0.2, 0.25) is 5.43 Å². The number of aromatic nitrogens is 2. The summed E-state index contributed by atoms with van der Waals surface area (Å²) in [6.45, 7) is 1.02. The Balaban J connectivity index is 1.58. The first-order valence-corrected chi connectivity index (χ1v) is 9.73. The molecule has 0 bridgehead atoms. The third-order valence-electron chi connectivity index (χ3n) is 5.23. The number of ether oxygens (including phenoxy) is 1. The lowest BCUT2D eigenvalue weighted by Crippen LogP contribution is -2.53. The largest absolute Gasteiger partial charge is 0.502 e. The summed E-state index contributed by atoms with van der Waals surface area (Å²) in [5.41, 5.74) is 0.398. The molecule has 1 aliphatic rings. The molecule has 0 unspecified atom stereocenters. The van der Waals surface area contributed by atoms with E-state index in [4.69, 9.17) is 4.74 Å². The lowest BCUT2D eigenvalue weighted by molar-refractivity contribution is 0.0629. The highest BCUT2D eigenvalue weighted by Crippen LogP contribution is 2.20. The Labute approximate surface area is 177 Å². The molecule has 10 heteroatoms. The van der Waals surface area contributed by atoms with Gasteiger partial charge in [-0.15, -0.1) is 0 Å². The van der Waals surface area contributed by atoms with Crippen LogP contribution in [0.1, 0.15) is 26.5 Å². The van der Waals surface area contributed by atoms with E-state index in [1.54, 1.807) is 12.1 Å². The van der Waals surface area contributed by atoms with Gasteiger partial charge in [0.25, 0.3) is 11.8 Å². The van der Waals surface area contributed by atoms with Crippen LogP contribution in [0.4, 0.5) is 0 Å². The molecule has 0 radical (unpaired) electrons. The number of nitrogens with one attached hydrogen (secondary N) is 2. The fraction of sp³-hybridized carbons (Fsp3) is 0.286. The minimum Gasteiger partial charge on any atom is -0.502 e. The number of carbonyl (C=O) groups is 2. The second kappa shape index (κ2) is 8.15. The molecule has 0 saturated carbocycles. The van der Waals surface area contributed by atoms with Crippen molar-refractivity contribution in [2.45, 2.75) is 6.54 Å². The Morgan fingerprint density at radius 1 is 1.29 bits per heavy atom. The maximum absolute atomic E-state index is 12.7. The van der Waals surface area contributed by atoms with Gasteiger partial charge < -0.3 is 25.0 Å². The van der Waals surface area contributed by atoms with Crippen molar-refractivity contribution in [1.82, 2.24) is 19.9 Å². The van der Waals surface area contributed by atoms with Crippen molar-refractivity contribution in [3.05, 3.63) is 63.7 Å². The molecule has 2 amide bonds. The van der Waals surface area contributed by atoms with E-state index in [0.29, 0.717) is 13.2 Å². The number of para-hydroxylation sites is 1. The third-order valence-corrected chi connectivity index (χ3v) is 5.23. The molecule has 10 nitrogen and oxygen atoms in total. The average molecular weight is 425 g/mol. The average Bonchev–Trinajstić information content (AvgIpc) is 3.18. The molecule has 31 heavy (non-hydrogen) atoms. The van der Waals surface area contributed by atoms with E-state index in [1.807, 2.05) is 30.3 Å². The van der Waals surface area contributed by atoms with Crippen LogP contribution in [0.15, 0.2) is 41.3 Å². The molecule has 4 rings (SSSR count). The molecule has 1 aliphatic heterocycles. The lowest BCUT2D eigenvalue weighted by Gasteiger charge is -2.37. The Hall–Kier alpha value is -3.79. The van der Waals surface area contributed by atoms with Crippen molar-refractivity contribution in [3.8, 4) is 5.75 Å². The number of H-pyrrole nitrogens is 1. The van der Waals surface area contributed by atoms with Crippen molar-refractivity contribution < 1.29 is 19.4 Å². The van der Waals surface area contributed by atoms with Crippen molar-refractivity contribution in [1.29, 1.82) is 0 Å². The van der Waals surface area contributed by atoms with Gasteiger partial charge in [-0.1, -0.05) is 18.2 Å². The van der Waals surface area contributed by atoms with Crippen LogP contribution in [-0.2, 0) is 11.3 Å². The van der Waals surface area contributed by atoms with Gasteiger partial charge in [-0.05, 0) is 17.5 Å². The molecule has 0 spiro atoms. The number of methoxy groups -OCH3 is 1. The second-order valence-electron chi connectivity index (χ2n) is 7.34. The van der Waals surface area contributed by atoms with Gasteiger partial charge in [0.1, 0.15) is 12.2 Å². The molecule has 1 aromatic carbocycles. The number of carbonyl (C=O) groups excluding carboxylic acids is 2. The molecule has 162 valence electrons. The van der Waals surface area contributed by atoms with Crippen LogP contribution in [-0.4, -0.2) is 65.5 Å². The van der Waals surface area contributed by atoms with E-state index in [0.717, 1.165) is 16.6 Å². The number of nitrogens with zero attached hydrogens (tertiary/aromatic N) is 3. The molecule has 3 aromatic rings. The Morgan fingerprint density at radius 3 is 2.81 bits per heavy atom. The van der Waals surface area contributed by atoms with Gasteiger partial charge in [0.05, 0.1) is 13.2 Å². The van der Waals surface area contributed by atoms with Gasteiger partial charge in [-0.2, -0.15) is 0 Å². The summed E-state index contributed by atoms with van der Waals surface area (Å²) in [6.07, 6.45) is 1.28. The number of benzene rings is 1. The summed E-state index contributed by atoms with van der Waals surface area (Å²) in [7, 11) is 3.21. The number of amides is 2. The van der Waals surface area contributed by atoms with Crippen LogP contribution >= 0.6 is 0 Å². The number of aromatic hydroxyl groups is 1. The van der Waals surface area contributed by atoms with Crippen LogP contribution in [0.2, 0.25) is 0 Å². The van der Waals surface area contributed by atoms with E-state index < -0.39 is 23.0 Å². The van der Waals surface area contributed by atoms with Gasteiger partial charge in [0, 0.05) is 38.1 Å². The van der Waals surface area contributed by atoms with E-state index in [1.165, 1.54) is 22.9 Å². The Bertz CT molecular complexity index is 1180. The molecule has 0 atom stereocenters. The fourth-order valence-electron chi connectivity index (χ4n) is 3.62. The molecular formula is C21H23N5O5. The first-order valence-electron chi connectivity index (χ1n) is 9.73. The summed E-state index contributed by atoms with van der Waals surface area (Å²) in [5, 5.41) is 15.8. The highest BCUT2D eigenvalue weighted by Gasteiger charge is 2.32. The predicted molar refractivity (Wildman–Crippen MR) is 114 cm³/mol. The van der Waals surface area contributed by atoms with Crippen LogP contribution in [0.25, 0.3) is 10.9 Å². The van der Waals surface area contributed by atoms with Crippen molar-refractivity contribution >= 4 is 22.7 Å². The second-order valence-corrected chi connectivity index (χ2v) is 7.34. The smallest absolute Gasteiger partial charge is 0.277 e. The zero-order valence-corrected chi connectivity index (χ0v) is 17.2. The molecule has 0 aliphatic carbocycles. The monoisotopic (exact) mass is 425 g/mol. The lowest BCUT2D eigenvalue weighted by atomic mass is 10.1. The zero-order chi connectivity index (χ0) is 22.1. The number of pyridine rings is 1. The highest BCUT2D eigenvalue weighted by molar-refractivity contribution is 5.99. The van der Waals surface area contributed by atoms with E-state index in [-0.39, 0.29) is 24.5 Å². The number of fused-ring (bicyclic) bond motifs is 2. The molecule has 3 heterocycles.